The van der Waals surface area contributed by atoms with Gasteiger partial charge in [-0.1, -0.05) is 6.92 Å². The molecule has 0 atom stereocenters. The highest BCUT2D eigenvalue weighted by molar-refractivity contribution is 7.90. The second-order valence-electron chi connectivity index (χ2n) is 9.84. The van der Waals surface area contributed by atoms with Gasteiger partial charge in [0.15, 0.2) is 33.1 Å². The molecule has 2 amide bonds. The van der Waals surface area contributed by atoms with Gasteiger partial charge in [0.2, 0.25) is 5.82 Å². The molecular weight excluding hydrogens is 583 g/mol. The fourth-order valence-corrected chi connectivity index (χ4v) is 5.94. The summed E-state index contributed by atoms with van der Waals surface area (Å²) in [6.07, 6.45) is 1.44. The number of nitrogens with zero attached hydrogens (tertiary/aromatic N) is 1. The number of sulfone groups is 1. The van der Waals surface area contributed by atoms with Crippen molar-refractivity contribution in [3.05, 3.63) is 80.9 Å². The molecule has 0 bridgehead atoms. The van der Waals surface area contributed by atoms with E-state index in [9.17, 15) is 40.0 Å². The quantitative estimate of drug-likeness (QED) is 0.143. The molecule has 42 heavy (non-hydrogen) atoms. The number of likely N-dealkylation sites (N-methyl/N-ethyl adjacent to an activating group) is 1. The molecule has 3 N–H and O–H groups in total. The van der Waals surface area contributed by atoms with E-state index in [1.54, 1.807) is 13.8 Å². The topological polar surface area (TPSA) is 111 Å². The van der Waals surface area contributed by atoms with Crippen molar-refractivity contribution in [2.45, 2.75) is 31.4 Å². The fourth-order valence-electron chi connectivity index (χ4n) is 4.56. The molecular formula is C28H27F5N4O4S. The number of H-pyrrole nitrogens is 1. The summed E-state index contributed by atoms with van der Waals surface area (Å²) in [7, 11) is -2.73. The van der Waals surface area contributed by atoms with E-state index in [1.807, 2.05) is 18.9 Å². The van der Waals surface area contributed by atoms with Crippen molar-refractivity contribution in [1.82, 2.24) is 15.2 Å². The van der Waals surface area contributed by atoms with Crippen molar-refractivity contribution < 1.29 is 40.0 Å². The molecule has 4 rings (SSSR count). The number of halogens is 5. The Morgan fingerprint density at radius 1 is 1.02 bits per heavy atom. The second-order valence-corrected chi connectivity index (χ2v) is 11.8. The van der Waals surface area contributed by atoms with Gasteiger partial charge in [0.1, 0.15) is 0 Å². The van der Waals surface area contributed by atoms with Crippen LogP contribution in [-0.4, -0.2) is 56.8 Å². The zero-order valence-corrected chi connectivity index (χ0v) is 23.8. The van der Waals surface area contributed by atoms with Gasteiger partial charge < -0.3 is 20.5 Å². The lowest BCUT2D eigenvalue weighted by Crippen LogP contribution is -2.33. The van der Waals surface area contributed by atoms with Gasteiger partial charge >= 0.3 is 0 Å². The van der Waals surface area contributed by atoms with Crippen LogP contribution in [0.5, 0.6) is 0 Å². The smallest absolute Gasteiger partial charge is 0.256 e. The van der Waals surface area contributed by atoms with E-state index in [-0.39, 0.29) is 22.7 Å². The Bertz CT molecular complexity index is 1720. The number of hydrogen-bond acceptors (Lipinski definition) is 5. The van der Waals surface area contributed by atoms with E-state index in [1.165, 1.54) is 12.1 Å². The average Bonchev–Trinajstić information content (AvgIpc) is 3.41. The monoisotopic (exact) mass is 610 g/mol. The highest BCUT2D eigenvalue weighted by atomic mass is 32.2. The largest absolute Gasteiger partial charge is 0.358 e. The molecule has 1 aromatic heterocycles. The van der Waals surface area contributed by atoms with E-state index in [2.05, 4.69) is 15.6 Å². The van der Waals surface area contributed by atoms with E-state index in [4.69, 9.17) is 0 Å². The SMILES string of the molecule is CCN(C)CCNC(=O)c1c(C)[nH]c(C=C2C(=O)Nc3ccc(S(=O)(=O)Cc4c(F)c(F)c(F)c(F)c4F)cc32)c1C. The number of benzene rings is 2. The molecule has 1 aliphatic rings. The maximum Gasteiger partial charge on any atom is 0.256 e. The molecule has 0 saturated carbocycles. The Kier molecular flexibility index (Phi) is 8.60. The standard InChI is InChI=1S/C28H27F5N4O4S/c1-5-37(4)9-8-34-28(39)21-13(2)20(35-14(21)3)11-17-16-10-15(6-7-19(16)36-27(17)38)42(40,41)12-18-22(29)24(31)26(33)25(32)23(18)30/h6-7,10-11,35H,5,8-9,12H2,1-4H3,(H,34,39)(H,36,38). The first kappa shape index (κ1) is 30.9. The van der Waals surface area contributed by atoms with Crippen LogP contribution in [0.4, 0.5) is 27.6 Å². The first-order chi connectivity index (χ1) is 19.7. The van der Waals surface area contributed by atoms with Crippen molar-refractivity contribution in [2.24, 2.45) is 0 Å². The number of anilines is 1. The van der Waals surface area contributed by atoms with Crippen LogP contribution in [0.1, 0.15) is 45.4 Å². The minimum atomic E-state index is -4.65. The molecule has 0 saturated heterocycles. The van der Waals surface area contributed by atoms with Crippen LogP contribution in [0, 0.1) is 42.9 Å². The van der Waals surface area contributed by atoms with Gasteiger partial charge in [0.25, 0.3) is 11.8 Å². The van der Waals surface area contributed by atoms with Gasteiger partial charge in [-0.3, -0.25) is 9.59 Å². The number of amides is 2. The van der Waals surface area contributed by atoms with Crippen LogP contribution < -0.4 is 10.6 Å². The first-order valence-corrected chi connectivity index (χ1v) is 14.4. The summed E-state index contributed by atoms with van der Waals surface area (Å²) in [6.45, 7) is 7.25. The summed E-state index contributed by atoms with van der Waals surface area (Å²) >= 11 is 0. The second kappa shape index (κ2) is 11.7. The summed E-state index contributed by atoms with van der Waals surface area (Å²) < 4.78 is 95.1. The number of aromatic nitrogens is 1. The zero-order valence-electron chi connectivity index (χ0n) is 23.0. The third-order valence-corrected chi connectivity index (χ3v) is 8.72. The Balaban J connectivity index is 1.67. The molecule has 0 unspecified atom stereocenters. The van der Waals surface area contributed by atoms with Crippen molar-refractivity contribution in [3.8, 4) is 0 Å². The normalized spacial score (nSPS) is 14.0. The molecule has 14 heteroatoms. The maximum absolute atomic E-state index is 14.2. The molecule has 2 heterocycles. The van der Waals surface area contributed by atoms with Gasteiger partial charge in [-0.15, -0.1) is 0 Å². The van der Waals surface area contributed by atoms with E-state index in [0.717, 1.165) is 18.7 Å². The fraction of sp³-hybridized carbons (Fsp3) is 0.286. The molecule has 2 aromatic carbocycles. The number of nitrogens with one attached hydrogen (secondary N) is 3. The average molecular weight is 611 g/mol. The van der Waals surface area contributed by atoms with Crippen molar-refractivity contribution in [3.63, 3.8) is 0 Å². The van der Waals surface area contributed by atoms with E-state index >= 15 is 0 Å². The van der Waals surface area contributed by atoms with Crippen molar-refractivity contribution >= 4 is 39.0 Å². The van der Waals surface area contributed by atoms with Gasteiger partial charge in [-0.05, 0) is 57.3 Å². The van der Waals surface area contributed by atoms with Crippen LogP contribution >= 0.6 is 0 Å². The molecule has 8 nitrogen and oxygen atoms in total. The van der Waals surface area contributed by atoms with Crippen molar-refractivity contribution in [2.75, 3.05) is 32.0 Å². The van der Waals surface area contributed by atoms with Crippen LogP contribution in [0.2, 0.25) is 0 Å². The third kappa shape index (κ3) is 5.68. The van der Waals surface area contributed by atoms with E-state index < -0.39 is 61.0 Å². The highest BCUT2D eigenvalue weighted by Gasteiger charge is 2.32. The minimum absolute atomic E-state index is 0.0270. The number of carbonyl (C=O) groups is 2. The van der Waals surface area contributed by atoms with Crippen LogP contribution in [-0.2, 0) is 20.4 Å². The lowest BCUT2D eigenvalue weighted by Gasteiger charge is -2.14. The lowest BCUT2D eigenvalue weighted by atomic mass is 10.0. The molecule has 1 aliphatic heterocycles. The maximum atomic E-state index is 14.2. The number of aromatic amines is 1. The number of hydrogen-bond donors (Lipinski definition) is 3. The van der Waals surface area contributed by atoms with Crippen LogP contribution in [0.3, 0.4) is 0 Å². The van der Waals surface area contributed by atoms with Crippen LogP contribution in [0.15, 0.2) is 23.1 Å². The Labute approximate surface area is 238 Å². The summed E-state index contributed by atoms with van der Waals surface area (Å²) in [6, 6.07) is 3.37. The van der Waals surface area contributed by atoms with Gasteiger partial charge in [-0.25, -0.2) is 30.4 Å². The first-order valence-electron chi connectivity index (χ1n) is 12.7. The van der Waals surface area contributed by atoms with E-state index in [0.29, 0.717) is 35.6 Å². The van der Waals surface area contributed by atoms with Gasteiger partial charge in [0.05, 0.1) is 21.8 Å². The van der Waals surface area contributed by atoms with Crippen LogP contribution in [0.25, 0.3) is 11.6 Å². The Morgan fingerprint density at radius 3 is 2.26 bits per heavy atom. The number of carbonyl (C=O) groups excluding carboxylic acids is 2. The molecule has 0 radical (unpaired) electrons. The summed E-state index contributed by atoms with van der Waals surface area (Å²) in [5.41, 5.74) is 0.769. The van der Waals surface area contributed by atoms with Crippen molar-refractivity contribution in [1.29, 1.82) is 0 Å². The summed E-state index contributed by atoms with van der Waals surface area (Å²) in [5, 5.41) is 5.43. The third-order valence-electron chi connectivity index (χ3n) is 7.08. The molecule has 3 aromatic rings. The number of rotatable bonds is 9. The predicted molar refractivity (Wildman–Crippen MR) is 146 cm³/mol. The summed E-state index contributed by atoms with van der Waals surface area (Å²) in [4.78, 5) is 30.2. The number of fused-ring (bicyclic) bond motifs is 1. The molecule has 0 fully saturated rings. The zero-order chi connectivity index (χ0) is 31.1. The Morgan fingerprint density at radius 2 is 1.64 bits per heavy atom. The molecule has 0 aliphatic carbocycles. The molecule has 224 valence electrons. The minimum Gasteiger partial charge on any atom is -0.358 e. The molecule has 0 spiro atoms. The summed E-state index contributed by atoms with van der Waals surface area (Å²) in [5.74, 6) is -13.8. The van der Waals surface area contributed by atoms with Gasteiger partial charge in [-0.2, -0.15) is 0 Å². The van der Waals surface area contributed by atoms with Gasteiger partial charge in [0, 0.05) is 41.3 Å². The highest BCUT2D eigenvalue weighted by Crippen LogP contribution is 2.36. The lowest BCUT2D eigenvalue weighted by molar-refractivity contribution is -0.110. The predicted octanol–water partition coefficient (Wildman–Crippen LogP) is 4.48. The Hall–Kier alpha value is -4.04. The number of aryl methyl sites for hydroxylation is 1.